The Balaban J connectivity index is 2.02. The molecule has 0 aliphatic rings. The highest BCUT2D eigenvalue weighted by Gasteiger charge is 2.30. The van der Waals surface area contributed by atoms with Gasteiger partial charge >= 0.3 is 12.1 Å². The van der Waals surface area contributed by atoms with Crippen LogP contribution in [0.2, 0.25) is 0 Å². The first-order chi connectivity index (χ1) is 11.8. The van der Waals surface area contributed by atoms with E-state index in [-0.39, 0.29) is 5.56 Å². The standard InChI is InChI=1S/C18H14F3NO3/c1-25-17(24)13-6-8-15(9-7-13)22-16(23)10-5-12-3-2-4-14(11-12)18(19,20)21/h2-11H,1H3,(H,22,23)/b10-5+. The first-order valence-corrected chi connectivity index (χ1v) is 7.14. The zero-order chi connectivity index (χ0) is 18.4. The lowest BCUT2D eigenvalue weighted by atomic mass is 10.1. The van der Waals surface area contributed by atoms with E-state index in [1.165, 1.54) is 49.6 Å². The second-order valence-electron chi connectivity index (χ2n) is 5.01. The number of nitrogens with one attached hydrogen (secondary N) is 1. The van der Waals surface area contributed by atoms with Gasteiger partial charge in [0.05, 0.1) is 18.2 Å². The first-order valence-electron chi connectivity index (χ1n) is 7.14. The van der Waals surface area contributed by atoms with Crippen molar-refractivity contribution in [1.29, 1.82) is 0 Å². The number of carbonyl (C=O) groups is 2. The molecular formula is C18H14F3NO3. The molecule has 25 heavy (non-hydrogen) atoms. The predicted octanol–water partition coefficient (Wildman–Crippen LogP) is 4.14. The van der Waals surface area contributed by atoms with Crippen LogP contribution in [0, 0.1) is 0 Å². The second kappa shape index (κ2) is 7.65. The minimum absolute atomic E-state index is 0.256. The van der Waals surface area contributed by atoms with E-state index in [0.29, 0.717) is 11.3 Å². The summed E-state index contributed by atoms with van der Waals surface area (Å²) in [6, 6.07) is 10.6. The van der Waals surface area contributed by atoms with Crippen LogP contribution in [0.15, 0.2) is 54.6 Å². The molecule has 2 aromatic rings. The van der Waals surface area contributed by atoms with Crippen LogP contribution in [0.4, 0.5) is 18.9 Å². The normalized spacial score (nSPS) is 11.4. The van der Waals surface area contributed by atoms with Gasteiger partial charge in [-0.05, 0) is 48.0 Å². The van der Waals surface area contributed by atoms with Crippen LogP contribution in [0.1, 0.15) is 21.5 Å². The van der Waals surface area contributed by atoms with Gasteiger partial charge in [-0.3, -0.25) is 4.79 Å². The van der Waals surface area contributed by atoms with Crippen LogP contribution >= 0.6 is 0 Å². The summed E-state index contributed by atoms with van der Waals surface area (Å²) >= 11 is 0. The molecule has 7 heteroatoms. The quantitative estimate of drug-likeness (QED) is 0.667. The summed E-state index contributed by atoms with van der Waals surface area (Å²) in [4.78, 5) is 23.1. The number of ether oxygens (including phenoxy) is 1. The lowest BCUT2D eigenvalue weighted by Gasteiger charge is -2.06. The molecule has 0 aromatic heterocycles. The van der Waals surface area contributed by atoms with Crippen LogP contribution in [-0.2, 0) is 15.7 Å². The summed E-state index contributed by atoms with van der Waals surface area (Å²) in [5, 5.41) is 2.54. The van der Waals surface area contributed by atoms with Gasteiger partial charge in [-0.1, -0.05) is 12.1 Å². The van der Waals surface area contributed by atoms with Crippen LogP contribution in [0.25, 0.3) is 6.08 Å². The van der Waals surface area contributed by atoms with E-state index in [0.717, 1.165) is 18.2 Å². The minimum atomic E-state index is -4.44. The van der Waals surface area contributed by atoms with Gasteiger partial charge in [0.25, 0.3) is 0 Å². The van der Waals surface area contributed by atoms with Crippen LogP contribution in [0.3, 0.4) is 0 Å². The Morgan fingerprint density at radius 3 is 2.36 bits per heavy atom. The molecule has 130 valence electrons. The Morgan fingerprint density at radius 1 is 1.08 bits per heavy atom. The van der Waals surface area contributed by atoms with Crippen molar-refractivity contribution in [1.82, 2.24) is 0 Å². The Kier molecular flexibility index (Phi) is 5.59. The van der Waals surface area contributed by atoms with E-state index in [2.05, 4.69) is 10.1 Å². The molecule has 0 spiro atoms. The number of benzene rings is 2. The number of anilines is 1. The van der Waals surface area contributed by atoms with Crippen molar-refractivity contribution in [3.05, 3.63) is 71.3 Å². The molecule has 0 heterocycles. The van der Waals surface area contributed by atoms with E-state index in [1.54, 1.807) is 0 Å². The highest BCUT2D eigenvalue weighted by Crippen LogP contribution is 2.29. The maximum Gasteiger partial charge on any atom is 0.416 e. The zero-order valence-corrected chi connectivity index (χ0v) is 13.1. The van der Waals surface area contributed by atoms with Crippen molar-refractivity contribution >= 4 is 23.6 Å². The highest BCUT2D eigenvalue weighted by atomic mass is 19.4. The molecule has 0 fully saturated rings. The number of methoxy groups -OCH3 is 1. The molecule has 0 radical (unpaired) electrons. The van der Waals surface area contributed by atoms with E-state index in [1.807, 2.05) is 0 Å². The number of hydrogen-bond donors (Lipinski definition) is 1. The van der Waals surface area contributed by atoms with Gasteiger partial charge in [0.2, 0.25) is 5.91 Å². The molecule has 0 bridgehead atoms. The van der Waals surface area contributed by atoms with Gasteiger partial charge in [-0.2, -0.15) is 13.2 Å². The van der Waals surface area contributed by atoms with Crippen molar-refractivity contribution < 1.29 is 27.5 Å². The lowest BCUT2D eigenvalue weighted by Crippen LogP contribution is -2.08. The Hall–Kier alpha value is -3.09. The first kappa shape index (κ1) is 18.3. The van der Waals surface area contributed by atoms with Gasteiger partial charge in [-0.15, -0.1) is 0 Å². The molecule has 0 saturated heterocycles. The maximum atomic E-state index is 12.6. The van der Waals surface area contributed by atoms with Crippen molar-refractivity contribution in [3.63, 3.8) is 0 Å². The maximum absolute atomic E-state index is 12.6. The molecule has 0 saturated carbocycles. The van der Waals surface area contributed by atoms with Gasteiger partial charge in [0, 0.05) is 11.8 Å². The Labute approximate surface area is 141 Å². The van der Waals surface area contributed by atoms with Crippen molar-refractivity contribution in [2.45, 2.75) is 6.18 Å². The van der Waals surface area contributed by atoms with Crippen molar-refractivity contribution in [2.24, 2.45) is 0 Å². The van der Waals surface area contributed by atoms with Gasteiger partial charge in [-0.25, -0.2) is 4.79 Å². The number of halogens is 3. The largest absolute Gasteiger partial charge is 0.465 e. The third-order valence-electron chi connectivity index (χ3n) is 3.21. The molecular weight excluding hydrogens is 335 g/mol. The molecule has 2 rings (SSSR count). The molecule has 0 aliphatic heterocycles. The van der Waals surface area contributed by atoms with Crippen molar-refractivity contribution in [2.75, 3.05) is 12.4 Å². The summed E-state index contributed by atoms with van der Waals surface area (Å²) in [5.74, 6) is -1.01. The smallest absolute Gasteiger partial charge is 0.416 e. The van der Waals surface area contributed by atoms with E-state index in [4.69, 9.17) is 0 Å². The van der Waals surface area contributed by atoms with Crippen LogP contribution in [-0.4, -0.2) is 19.0 Å². The summed E-state index contributed by atoms with van der Waals surface area (Å²) in [7, 11) is 1.26. The summed E-state index contributed by atoms with van der Waals surface area (Å²) < 4.78 is 42.5. The number of esters is 1. The fourth-order valence-electron chi connectivity index (χ4n) is 1.98. The monoisotopic (exact) mass is 349 g/mol. The third-order valence-corrected chi connectivity index (χ3v) is 3.21. The average molecular weight is 349 g/mol. The topological polar surface area (TPSA) is 55.4 Å². The molecule has 1 N–H and O–H groups in total. The fraction of sp³-hybridized carbons (Fsp3) is 0.111. The lowest BCUT2D eigenvalue weighted by molar-refractivity contribution is -0.137. The van der Waals surface area contributed by atoms with E-state index < -0.39 is 23.6 Å². The SMILES string of the molecule is COC(=O)c1ccc(NC(=O)/C=C/c2cccc(C(F)(F)F)c2)cc1. The van der Waals surface area contributed by atoms with Crippen LogP contribution in [0.5, 0.6) is 0 Å². The molecule has 1 amide bonds. The van der Waals surface area contributed by atoms with E-state index >= 15 is 0 Å². The second-order valence-corrected chi connectivity index (χ2v) is 5.01. The Morgan fingerprint density at radius 2 is 1.76 bits per heavy atom. The number of carbonyl (C=O) groups excluding carboxylic acids is 2. The molecule has 4 nitrogen and oxygen atoms in total. The number of amides is 1. The summed E-state index contributed by atoms with van der Waals surface area (Å²) in [5.41, 5.74) is 0.242. The molecule has 0 unspecified atom stereocenters. The fourth-order valence-corrected chi connectivity index (χ4v) is 1.98. The number of alkyl halides is 3. The highest BCUT2D eigenvalue weighted by molar-refractivity contribution is 6.02. The van der Waals surface area contributed by atoms with Gasteiger partial charge < -0.3 is 10.1 Å². The minimum Gasteiger partial charge on any atom is -0.465 e. The number of rotatable bonds is 4. The van der Waals surface area contributed by atoms with Crippen LogP contribution < -0.4 is 5.32 Å². The third kappa shape index (κ3) is 5.20. The molecule has 0 aliphatic carbocycles. The zero-order valence-electron chi connectivity index (χ0n) is 13.1. The summed E-state index contributed by atoms with van der Waals surface area (Å²) in [6.07, 6.45) is -2.02. The predicted molar refractivity (Wildman–Crippen MR) is 86.9 cm³/mol. The van der Waals surface area contributed by atoms with Crippen molar-refractivity contribution in [3.8, 4) is 0 Å². The Bertz CT molecular complexity index is 796. The van der Waals surface area contributed by atoms with E-state index in [9.17, 15) is 22.8 Å². The van der Waals surface area contributed by atoms with Gasteiger partial charge in [0.15, 0.2) is 0 Å². The average Bonchev–Trinajstić information content (AvgIpc) is 2.59. The number of hydrogen-bond acceptors (Lipinski definition) is 3. The summed E-state index contributed by atoms with van der Waals surface area (Å²) in [6.45, 7) is 0. The molecule has 0 atom stereocenters. The molecule has 2 aromatic carbocycles. The van der Waals surface area contributed by atoms with Gasteiger partial charge in [0.1, 0.15) is 0 Å².